The molecule has 4 rings (SSSR count). The number of aromatic nitrogens is 4. The molecule has 0 fully saturated rings. The fourth-order valence-electron chi connectivity index (χ4n) is 3.28. The molecule has 0 N–H and O–H groups in total. The van der Waals surface area contributed by atoms with E-state index < -0.39 is 0 Å². The summed E-state index contributed by atoms with van der Waals surface area (Å²) in [5.74, 6) is 1.79. The van der Waals surface area contributed by atoms with E-state index in [0.717, 1.165) is 11.4 Å². The van der Waals surface area contributed by atoms with Crippen LogP contribution in [0.5, 0.6) is 0 Å². The van der Waals surface area contributed by atoms with Crippen molar-refractivity contribution in [2.75, 3.05) is 6.54 Å². The summed E-state index contributed by atoms with van der Waals surface area (Å²) in [6, 6.07) is 9.72. The molecule has 128 valence electrons. The highest BCUT2D eigenvalue weighted by molar-refractivity contribution is 5.91. The highest BCUT2D eigenvalue weighted by Crippen LogP contribution is 2.33. The second-order valence-corrected chi connectivity index (χ2v) is 6.44. The smallest absolute Gasteiger partial charge is 0.291 e. The summed E-state index contributed by atoms with van der Waals surface area (Å²) < 4.78 is 7.11. The molecule has 1 aliphatic rings. The number of rotatable bonds is 3. The number of carbonyl (C=O) groups excluding carboxylic acids is 1. The molecule has 1 aliphatic heterocycles. The largest absolute Gasteiger partial charge is 0.438 e. The Balaban J connectivity index is 1.72. The van der Waals surface area contributed by atoms with Crippen molar-refractivity contribution in [3.63, 3.8) is 0 Å². The van der Waals surface area contributed by atoms with Crippen molar-refractivity contribution in [3.05, 3.63) is 54.5 Å². The van der Waals surface area contributed by atoms with Crippen LogP contribution < -0.4 is 0 Å². The van der Waals surface area contributed by atoms with E-state index in [2.05, 4.69) is 23.9 Å². The fraction of sp³-hybridized carbons (Fsp3) is 0.333. The van der Waals surface area contributed by atoms with Gasteiger partial charge in [0.05, 0.1) is 18.8 Å². The van der Waals surface area contributed by atoms with Gasteiger partial charge in [-0.25, -0.2) is 14.6 Å². The molecule has 0 bridgehead atoms. The SMILES string of the molecule is CC(C)[C@H]1c2nc(-c3ccccc3)nn2CCN1C(=O)c1cnco1. The number of hydrogen-bond acceptors (Lipinski definition) is 5. The van der Waals surface area contributed by atoms with Crippen molar-refractivity contribution in [1.29, 1.82) is 0 Å². The maximum absolute atomic E-state index is 12.8. The number of benzene rings is 1. The topological polar surface area (TPSA) is 77.1 Å². The van der Waals surface area contributed by atoms with E-state index in [1.54, 1.807) is 0 Å². The van der Waals surface area contributed by atoms with Crippen LogP contribution in [0.3, 0.4) is 0 Å². The average Bonchev–Trinajstić information content (AvgIpc) is 3.30. The Morgan fingerprint density at radius 1 is 1.24 bits per heavy atom. The van der Waals surface area contributed by atoms with Gasteiger partial charge in [-0.2, -0.15) is 5.10 Å². The number of fused-ring (bicyclic) bond motifs is 1. The third kappa shape index (κ3) is 2.71. The Labute approximate surface area is 145 Å². The molecule has 0 aliphatic carbocycles. The van der Waals surface area contributed by atoms with Crippen LogP contribution >= 0.6 is 0 Å². The minimum atomic E-state index is -0.160. The quantitative estimate of drug-likeness (QED) is 0.734. The van der Waals surface area contributed by atoms with Gasteiger partial charge in [-0.3, -0.25) is 4.79 Å². The molecule has 0 radical (unpaired) electrons. The second kappa shape index (κ2) is 6.16. The van der Waals surface area contributed by atoms with Gasteiger partial charge in [-0.05, 0) is 5.92 Å². The predicted molar refractivity (Wildman–Crippen MR) is 90.6 cm³/mol. The van der Waals surface area contributed by atoms with E-state index in [1.165, 1.54) is 12.6 Å². The Hall–Kier alpha value is -2.96. The monoisotopic (exact) mass is 337 g/mol. The lowest BCUT2D eigenvalue weighted by Crippen LogP contribution is -2.44. The zero-order chi connectivity index (χ0) is 17.4. The molecule has 1 amide bonds. The van der Waals surface area contributed by atoms with E-state index in [0.29, 0.717) is 18.9 Å². The van der Waals surface area contributed by atoms with Crippen LogP contribution in [0, 0.1) is 5.92 Å². The van der Waals surface area contributed by atoms with Crippen LogP contribution in [-0.2, 0) is 6.54 Å². The van der Waals surface area contributed by atoms with Crippen molar-refractivity contribution in [2.45, 2.75) is 26.4 Å². The summed E-state index contributed by atoms with van der Waals surface area (Å²) in [4.78, 5) is 23.2. The minimum Gasteiger partial charge on any atom is -0.438 e. The van der Waals surface area contributed by atoms with Crippen molar-refractivity contribution >= 4 is 5.91 Å². The number of amides is 1. The lowest BCUT2D eigenvalue weighted by molar-refractivity contribution is 0.0505. The van der Waals surface area contributed by atoms with Gasteiger partial charge < -0.3 is 9.32 Å². The number of oxazole rings is 1. The first kappa shape index (κ1) is 15.6. The Morgan fingerprint density at radius 2 is 2.04 bits per heavy atom. The van der Waals surface area contributed by atoms with E-state index in [1.807, 2.05) is 39.9 Å². The molecule has 0 spiro atoms. The van der Waals surface area contributed by atoms with E-state index in [-0.39, 0.29) is 23.6 Å². The van der Waals surface area contributed by atoms with E-state index >= 15 is 0 Å². The fourth-order valence-corrected chi connectivity index (χ4v) is 3.28. The molecule has 3 aromatic rings. The Bertz CT molecular complexity index is 870. The molecular weight excluding hydrogens is 318 g/mol. The maximum atomic E-state index is 12.8. The molecule has 1 atom stereocenters. The van der Waals surface area contributed by atoms with Crippen LogP contribution in [0.25, 0.3) is 11.4 Å². The molecule has 0 saturated carbocycles. The van der Waals surface area contributed by atoms with Gasteiger partial charge in [0.25, 0.3) is 5.91 Å². The first-order valence-corrected chi connectivity index (χ1v) is 8.35. The van der Waals surface area contributed by atoms with Crippen LogP contribution in [0.4, 0.5) is 0 Å². The molecule has 25 heavy (non-hydrogen) atoms. The molecule has 1 aromatic carbocycles. The summed E-state index contributed by atoms with van der Waals surface area (Å²) in [5, 5.41) is 4.64. The van der Waals surface area contributed by atoms with Gasteiger partial charge in [0, 0.05) is 12.1 Å². The normalized spacial score (nSPS) is 16.9. The predicted octanol–water partition coefficient (Wildman–Crippen LogP) is 2.79. The van der Waals surface area contributed by atoms with Crippen molar-refractivity contribution in [1.82, 2.24) is 24.6 Å². The first-order valence-electron chi connectivity index (χ1n) is 8.35. The zero-order valence-electron chi connectivity index (χ0n) is 14.2. The molecule has 3 heterocycles. The van der Waals surface area contributed by atoms with Gasteiger partial charge in [-0.15, -0.1) is 0 Å². The second-order valence-electron chi connectivity index (χ2n) is 6.44. The molecule has 7 nitrogen and oxygen atoms in total. The van der Waals surface area contributed by atoms with Crippen molar-refractivity contribution in [2.24, 2.45) is 5.92 Å². The lowest BCUT2D eigenvalue weighted by atomic mass is 9.99. The Morgan fingerprint density at radius 3 is 2.72 bits per heavy atom. The van der Waals surface area contributed by atoms with Gasteiger partial charge >= 0.3 is 0 Å². The van der Waals surface area contributed by atoms with Gasteiger partial charge in [-0.1, -0.05) is 44.2 Å². The van der Waals surface area contributed by atoms with E-state index in [9.17, 15) is 4.79 Å². The zero-order valence-corrected chi connectivity index (χ0v) is 14.2. The summed E-state index contributed by atoms with van der Waals surface area (Å²) in [6.45, 7) is 5.33. The number of nitrogens with zero attached hydrogens (tertiary/aromatic N) is 5. The van der Waals surface area contributed by atoms with Gasteiger partial charge in [0.15, 0.2) is 18.0 Å². The first-order chi connectivity index (χ1) is 12.1. The van der Waals surface area contributed by atoms with Crippen LogP contribution in [0.2, 0.25) is 0 Å². The van der Waals surface area contributed by atoms with Crippen molar-refractivity contribution in [3.8, 4) is 11.4 Å². The molecule has 2 aromatic heterocycles. The molecule has 7 heteroatoms. The number of carbonyl (C=O) groups is 1. The summed E-state index contributed by atoms with van der Waals surface area (Å²) >= 11 is 0. The lowest BCUT2D eigenvalue weighted by Gasteiger charge is -2.36. The summed E-state index contributed by atoms with van der Waals surface area (Å²) in [6.07, 6.45) is 2.73. The van der Waals surface area contributed by atoms with Gasteiger partial charge in [0.1, 0.15) is 0 Å². The summed E-state index contributed by atoms with van der Waals surface area (Å²) in [5.41, 5.74) is 0.972. The molecule has 0 unspecified atom stereocenters. The van der Waals surface area contributed by atoms with Crippen molar-refractivity contribution < 1.29 is 9.21 Å². The standard InChI is InChI=1S/C18H19N5O2/c1-12(2)15-17-20-16(13-6-4-3-5-7-13)21-23(17)9-8-22(15)18(24)14-10-19-11-25-14/h3-7,10-12,15H,8-9H2,1-2H3/t15-/m0/s1. The minimum absolute atomic E-state index is 0.156. The van der Waals surface area contributed by atoms with E-state index in [4.69, 9.17) is 9.40 Å². The third-order valence-corrected chi connectivity index (χ3v) is 4.42. The highest BCUT2D eigenvalue weighted by Gasteiger charge is 2.37. The third-order valence-electron chi connectivity index (χ3n) is 4.42. The molecule has 0 saturated heterocycles. The summed E-state index contributed by atoms with van der Waals surface area (Å²) in [7, 11) is 0. The van der Waals surface area contributed by atoms with Crippen LogP contribution in [-0.4, -0.2) is 37.1 Å². The average molecular weight is 337 g/mol. The molecular formula is C18H19N5O2. The van der Waals surface area contributed by atoms with Crippen LogP contribution in [0.1, 0.15) is 36.3 Å². The van der Waals surface area contributed by atoms with Crippen LogP contribution in [0.15, 0.2) is 47.3 Å². The maximum Gasteiger partial charge on any atom is 0.291 e. The highest BCUT2D eigenvalue weighted by atomic mass is 16.3. The Kier molecular flexibility index (Phi) is 3.83. The van der Waals surface area contributed by atoms with Gasteiger partial charge in [0.2, 0.25) is 5.76 Å². The number of hydrogen-bond donors (Lipinski definition) is 0.